The minimum atomic E-state index is -0.874. The molecule has 0 rings (SSSR count). The molecule has 0 aliphatic rings. The van der Waals surface area contributed by atoms with Gasteiger partial charge in [-0.25, -0.2) is 0 Å². The molecule has 6 nitrogen and oxygen atoms in total. The SMILES string of the molecule is CCC(CNC(=O)C(C)NC(C)=O)CC(=O)O. The Morgan fingerprint density at radius 1 is 1.29 bits per heavy atom. The molecule has 0 radical (unpaired) electrons. The summed E-state index contributed by atoms with van der Waals surface area (Å²) < 4.78 is 0. The van der Waals surface area contributed by atoms with Gasteiger partial charge in [-0.05, 0) is 12.8 Å². The Balaban J connectivity index is 4.03. The second-order valence-corrected chi connectivity index (χ2v) is 4.04. The van der Waals surface area contributed by atoms with Gasteiger partial charge in [0.2, 0.25) is 11.8 Å². The van der Waals surface area contributed by atoms with Gasteiger partial charge in [0.1, 0.15) is 6.04 Å². The van der Waals surface area contributed by atoms with E-state index in [9.17, 15) is 14.4 Å². The molecule has 0 fully saturated rings. The molecule has 2 amide bonds. The zero-order valence-corrected chi connectivity index (χ0v) is 10.4. The first-order valence-corrected chi connectivity index (χ1v) is 5.63. The van der Waals surface area contributed by atoms with Gasteiger partial charge in [-0.2, -0.15) is 0 Å². The van der Waals surface area contributed by atoms with E-state index in [1.54, 1.807) is 6.92 Å². The van der Waals surface area contributed by atoms with Crippen molar-refractivity contribution < 1.29 is 19.5 Å². The van der Waals surface area contributed by atoms with Crippen molar-refractivity contribution in [3.8, 4) is 0 Å². The maximum absolute atomic E-state index is 11.5. The number of carbonyl (C=O) groups excluding carboxylic acids is 2. The molecule has 2 atom stereocenters. The van der Waals surface area contributed by atoms with Crippen molar-refractivity contribution in [1.29, 1.82) is 0 Å². The first kappa shape index (κ1) is 15.4. The number of rotatable bonds is 7. The molecule has 0 saturated carbocycles. The number of aliphatic carboxylic acids is 1. The first-order chi connectivity index (χ1) is 7.86. The van der Waals surface area contributed by atoms with Crippen molar-refractivity contribution in [2.75, 3.05) is 6.54 Å². The molecule has 0 bridgehead atoms. The summed E-state index contributed by atoms with van der Waals surface area (Å²) in [6, 6.07) is -0.602. The van der Waals surface area contributed by atoms with Gasteiger partial charge in [-0.1, -0.05) is 13.3 Å². The van der Waals surface area contributed by atoms with Crippen LogP contribution in [-0.4, -0.2) is 35.5 Å². The number of carbonyl (C=O) groups is 3. The van der Waals surface area contributed by atoms with Crippen LogP contribution in [0.5, 0.6) is 0 Å². The Morgan fingerprint density at radius 2 is 1.88 bits per heavy atom. The lowest BCUT2D eigenvalue weighted by Gasteiger charge is -2.16. The molecule has 0 saturated heterocycles. The molecular formula is C11H20N2O4. The molecule has 0 aromatic heterocycles. The zero-order chi connectivity index (χ0) is 13.4. The van der Waals surface area contributed by atoms with E-state index in [-0.39, 0.29) is 24.2 Å². The molecule has 17 heavy (non-hydrogen) atoms. The van der Waals surface area contributed by atoms with E-state index >= 15 is 0 Å². The van der Waals surface area contributed by atoms with E-state index < -0.39 is 12.0 Å². The number of amides is 2. The van der Waals surface area contributed by atoms with E-state index in [2.05, 4.69) is 10.6 Å². The standard InChI is InChI=1S/C11H20N2O4/c1-4-9(5-10(15)16)6-12-11(17)7(2)13-8(3)14/h7,9H,4-6H2,1-3H3,(H,12,17)(H,13,14)(H,15,16). The van der Waals surface area contributed by atoms with E-state index in [1.165, 1.54) is 6.92 Å². The average Bonchev–Trinajstić information content (AvgIpc) is 2.22. The van der Waals surface area contributed by atoms with E-state index in [4.69, 9.17) is 5.11 Å². The van der Waals surface area contributed by atoms with Crippen LogP contribution in [-0.2, 0) is 14.4 Å². The van der Waals surface area contributed by atoms with E-state index in [0.29, 0.717) is 13.0 Å². The van der Waals surface area contributed by atoms with Gasteiger partial charge in [-0.15, -0.1) is 0 Å². The quantitative estimate of drug-likeness (QED) is 0.593. The Bertz CT molecular complexity index is 291. The smallest absolute Gasteiger partial charge is 0.303 e. The van der Waals surface area contributed by atoms with Crippen LogP contribution >= 0.6 is 0 Å². The molecule has 0 aromatic carbocycles. The lowest BCUT2D eigenvalue weighted by atomic mass is 10.0. The third-order valence-electron chi connectivity index (χ3n) is 2.42. The summed E-state index contributed by atoms with van der Waals surface area (Å²) in [4.78, 5) is 32.8. The number of nitrogens with one attached hydrogen (secondary N) is 2. The third kappa shape index (κ3) is 7.32. The molecule has 0 heterocycles. The van der Waals surface area contributed by atoms with Crippen LogP contribution in [0, 0.1) is 5.92 Å². The Kier molecular flexibility index (Phi) is 6.93. The predicted octanol–water partition coefficient (Wildman–Crippen LogP) is 0.128. The van der Waals surface area contributed by atoms with Gasteiger partial charge in [-0.3, -0.25) is 14.4 Å². The molecule has 6 heteroatoms. The number of carboxylic acid groups (broad SMARTS) is 1. The highest BCUT2D eigenvalue weighted by Gasteiger charge is 2.16. The monoisotopic (exact) mass is 244 g/mol. The molecule has 0 aliphatic heterocycles. The van der Waals surface area contributed by atoms with Gasteiger partial charge in [0, 0.05) is 19.9 Å². The molecule has 3 N–H and O–H groups in total. The van der Waals surface area contributed by atoms with Crippen molar-refractivity contribution in [2.45, 2.75) is 39.7 Å². The van der Waals surface area contributed by atoms with Crippen LogP contribution in [0.4, 0.5) is 0 Å². The van der Waals surface area contributed by atoms with Gasteiger partial charge < -0.3 is 15.7 Å². The van der Waals surface area contributed by atoms with Crippen molar-refractivity contribution in [2.24, 2.45) is 5.92 Å². The van der Waals surface area contributed by atoms with Crippen LogP contribution in [0.3, 0.4) is 0 Å². The molecular weight excluding hydrogens is 224 g/mol. The summed E-state index contributed by atoms with van der Waals surface area (Å²) in [7, 11) is 0. The number of hydrogen-bond acceptors (Lipinski definition) is 3. The van der Waals surface area contributed by atoms with Crippen LogP contribution < -0.4 is 10.6 Å². The van der Waals surface area contributed by atoms with Crippen molar-refractivity contribution in [3.05, 3.63) is 0 Å². The topological polar surface area (TPSA) is 95.5 Å². The fraction of sp³-hybridized carbons (Fsp3) is 0.727. The van der Waals surface area contributed by atoms with Gasteiger partial charge in [0.15, 0.2) is 0 Å². The number of carboxylic acids is 1. The molecule has 2 unspecified atom stereocenters. The molecule has 98 valence electrons. The van der Waals surface area contributed by atoms with E-state index in [0.717, 1.165) is 0 Å². The highest BCUT2D eigenvalue weighted by atomic mass is 16.4. The summed E-state index contributed by atoms with van der Waals surface area (Å²) in [5.41, 5.74) is 0. The summed E-state index contributed by atoms with van der Waals surface area (Å²) in [6.07, 6.45) is 0.715. The second kappa shape index (κ2) is 7.65. The van der Waals surface area contributed by atoms with Crippen molar-refractivity contribution in [1.82, 2.24) is 10.6 Å². The largest absolute Gasteiger partial charge is 0.481 e. The Labute approximate surface area is 101 Å². The fourth-order valence-electron chi connectivity index (χ4n) is 1.38. The maximum atomic E-state index is 11.5. The Hall–Kier alpha value is -1.59. The molecule has 0 aromatic rings. The van der Waals surface area contributed by atoms with Crippen LogP contribution in [0.15, 0.2) is 0 Å². The van der Waals surface area contributed by atoms with Crippen LogP contribution in [0.25, 0.3) is 0 Å². The van der Waals surface area contributed by atoms with Crippen molar-refractivity contribution >= 4 is 17.8 Å². The second-order valence-electron chi connectivity index (χ2n) is 4.04. The minimum absolute atomic E-state index is 0.0330. The van der Waals surface area contributed by atoms with Gasteiger partial charge in [0.25, 0.3) is 0 Å². The maximum Gasteiger partial charge on any atom is 0.303 e. The van der Waals surface area contributed by atoms with Crippen LogP contribution in [0.2, 0.25) is 0 Å². The van der Waals surface area contributed by atoms with Gasteiger partial charge >= 0.3 is 5.97 Å². The predicted molar refractivity (Wildman–Crippen MR) is 62.3 cm³/mol. The fourth-order valence-corrected chi connectivity index (χ4v) is 1.38. The normalized spacial score (nSPS) is 13.6. The molecule has 0 aliphatic carbocycles. The summed E-state index contributed by atoms with van der Waals surface area (Å²) in [5.74, 6) is -1.53. The lowest BCUT2D eigenvalue weighted by molar-refractivity contribution is -0.138. The van der Waals surface area contributed by atoms with Crippen LogP contribution in [0.1, 0.15) is 33.6 Å². The van der Waals surface area contributed by atoms with E-state index in [1.807, 2.05) is 6.92 Å². The zero-order valence-electron chi connectivity index (χ0n) is 10.4. The molecule has 0 spiro atoms. The highest BCUT2D eigenvalue weighted by molar-refractivity contribution is 5.86. The third-order valence-corrected chi connectivity index (χ3v) is 2.42. The summed E-state index contributed by atoms with van der Waals surface area (Å²) in [5, 5.41) is 13.7. The highest BCUT2D eigenvalue weighted by Crippen LogP contribution is 2.06. The number of hydrogen-bond donors (Lipinski definition) is 3. The summed E-state index contributed by atoms with van der Waals surface area (Å²) >= 11 is 0. The Morgan fingerprint density at radius 3 is 2.29 bits per heavy atom. The van der Waals surface area contributed by atoms with Crippen molar-refractivity contribution in [3.63, 3.8) is 0 Å². The van der Waals surface area contributed by atoms with Gasteiger partial charge in [0.05, 0.1) is 0 Å². The average molecular weight is 244 g/mol. The first-order valence-electron chi connectivity index (χ1n) is 5.63. The lowest BCUT2D eigenvalue weighted by Crippen LogP contribution is -2.45. The minimum Gasteiger partial charge on any atom is -0.481 e. The summed E-state index contributed by atoms with van der Waals surface area (Å²) in [6.45, 7) is 5.10.